The molecule has 4 aliphatic carbocycles. The third-order valence-corrected chi connectivity index (χ3v) is 5.49. The van der Waals surface area contributed by atoms with E-state index in [9.17, 15) is 4.79 Å². The van der Waals surface area contributed by atoms with Gasteiger partial charge in [-0.3, -0.25) is 4.79 Å². The molecule has 0 N–H and O–H groups in total. The van der Waals surface area contributed by atoms with Crippen LogP contribution in [0.2, 0.25) is 0 Å². The van der Waals surface area contributed by atoms with Crippen LogP contribution in [-0.2, 0) is 4.79 Å². The number of rotatable bonds is 4. The van der Waals surface area contributed by atoms with Gasteiger partial charge in [0.2, 0.25) is 0 Å². The van der Waals surface area contributed by atoms with E-state index < -0.39 is 0 Å². The fourth-order valence-electron chi connectivity index (χ4n) is 5.25. The lowest BCUT2D eigenvalue weighted by Gasteiger charge is -2.57. The molecule has 0 aromatic rings. The number of carbonyl (C=O) groups is 1. The lowest BCUT2D eigenvalue weighted by Crippen LogP contribution is -2.45. The molecule has 0 unspecified atom stereocenters. The highest BCUT2D eigenvalue weighted by Crippen LogP contribution is 2.61. The van der Waals surface area contributed by atoms with Crippen LogP contribution < -0.4 is 0 Å². The molecule has 0 aliphatic heterocycles. The van der Waals surface area contributed by atoms with Crippen molar-refractivity contribution in [2.75, 3.05) is 0 Å². The largest absolute Gasteiger partial charge is 0.298 e. The molecule has 4 saturated carbocycles. The highest BCUT2D eigenvalue weighted by Gasteiger charge is 2.50. The first-order chi connectivity index (χ1) is 8.19. The molecule has 1 heteroatoms. The van der Waals surface area contributed by atoms with Crippen LogP contribution in [0.3, 0.4) is 0 Å². The van der Waals surface area contributed by atoms with Gasteiger partial charge in [-0.05, 0) is 87.0 Å². The third kappa shape index (κ3) is 2.21. The Labute approximate surface area is 105 Å². The minimum Gasteiger partial charge on any atom is -0.298 e. The van der Waals surface area contributed by atoms with E-state index in [1.54, 1.807) is 0 Å². The summed E-state index contributed by atoms with van der Waals surface area (Å²) in [5, 5.41) is 0. The second kappa shape index (κ2) is 4.26. The van der Waals surface area contributed by atoms with E-state index in [1.807, 2.05) is 6.92 Å². The molecule has 1 nitrogen and oxygen atoms in total. The van der Waals surface area contributed by atoms with Crippen LogP contribution in [0.15, 0.2) is 11.6 Å². The molecule has 0 atom stereocenters. The van der Waals surface area contributed by atoms with Gasteiger partial charge in [0.15, 0.2) is 0 Å². The molecule has 4 aliphatic rings. The first-order valence-electron chi connectivity index (χ1n) is 7.31. The van der Waals surface area contributed by atoms with Crippen molar-refractivity contribution in [1.82, 2.24) is 0 Å². The standard InChI is InChI=1S/C16H24O/c1-12(11-17)3-2-4-16-8-13-5-14(9-16)7-15(6-13)10-16/h3,11,13-15H,2,4-10H2,1H3/b12-3+. The minimum absolute atomic E-state index is 0.675. The minimum atomic E-state index is 0.675. The van der Waals surface area contributed by atoms with Crippen LogP contribution in [0, 0.1) is 23.2 Å². The highest BCUT2D eigenvalue weighted by atomic mass is 16.1. The summed E-state index contributed by atoms with van der Waals surface area (Å²) in [5.41, 5.74) is 1.59. The molecule has 4 bridgehead atoms. The molecule has 0 aromatic carbocycles. The van der Waals surface area contributed by atoms with E-state index in [4.69, 9.17) is 0 Å². The second-order valence-electron chi connectivity index (χ2n) is 7.02. The van der Waals surface area contributed by atoms with E-state index in [0.29, 0.717) is 5.41 Å². The predicted molar refractivity (Wildman–Crippen MR) is 69.7 cm³/mol. The van der Waals surface area contributed by atoms with Crippen LogP contribution in [0.5, 0.6) is 0 Å². The summed E-state index contributed by atoms with van der Waals surface area (Å²) in [6.45, 7) is 1.92. The van der Waals surface area contributed by atoms with Gasteiger partial charge in [0.05, 0.1) is 0 Å². The monoisotopic (exact) mass is 232 g/mol. The number of hydrogen-bond acceptors (Lipinski definition) is 1. The zero-order chi connectivity index (χ0) is 11.9. The van der Waals surface area contributed by atoms with Gasteiger partial charge in [0.25, 0.3) is 0 Å². The average Bonchev–Trinajstić information content (AvgIpc) is 2.26. The Morgan fingerprint density at radius 3 is 2.12 bits per heavy atom. The normalized spacial score (nSPS) is 44.1. The van der Waals surface area contributed by atoms with Crippen LogP contribution >= 0.6 is 0 Å². The Morgan fingerprint density at radius 1 is 1.12 bits per heavy atom. The van der Waals surface area contributed by atoms with Crippen molar-refractivity contribution in [2.24, 2.45) is 23.2 Å². The smallest absolute Gasteiger partial charge is 0.145 e. The summed E-state index contributed by atoms with van der Waals surface area (Å²) in [6, 6.07) is 0. The molecule has 94 valence electrons. The van der Waals surface area contributed by atoms with Crippen LogP contribution in [0.4, 0.5) is 0 Å². The molecule has 4 rings (SSSR count). The molecule has 0 aromatic heterocycles. The molecule has 0 saturated heterocycles. The van der Waals surface area contributed by atoms with Crippen LogP contribution in [0.25, 0.3) is 0 Å². The van der Waals surface area contributed by atoms with Crippen molar-refractivity contribution in [3.05, 3.63) is 11.6 Å². The second-order valence-corrected chi connectivity index (χ2v) is 7.02. The summed E-state index contributed by atoms with van der Waals surface area (Å²) in [7, 11) is 0. The van der Waals surface area contributed by atoms with Gasteiger partial charge in [-0.25, -0.2) is 0 Å². The maximum absolute atomic E-state index is 10.6. The zero-order valence-corrected chi connectivity index (χ0v) is 11.0. The van der Waals surface area contributed by atoms with E-state index in [1.165, 1.54) is 44.9 Å². The Morgan fingerprint density at radius 2 is 1.65 bits per heavy atom. The van der Waals surface area contributed by atoms with Crippen LogP contribution in [0.1, 0.15) is 58.3 Å². The molecule has 4 fully saturated rings. The molecular formula is C16H24O. The maximum atomic E-state index is 10.6. The Kier molecular flexibility index (Phi) is 2.88. The summed E-state index contributed by atoms with van der Waals surface area (Å²) in [6.07, 6.45) is 14.7. The summed E-state index contributed by atoms with van der Waals surface area (Å²) in [4.78, 5) is 10.6. The molecule has 0 heterocycles. The first-order valence-corrected chi connectivity index (χ1v) is 7.31. The number of carbonyl (C=O) groups excluding carboxylic acids is 1. The van der Waals surface area contributed by atoms with Gasteiger partial charge in [0, 0.05) is 0 Å². The average molecular weight is 232 g/mol. The quantitative estimate of drug-likeness (QED) is 0.526. The lowest BCUT2D eigenvalue weighted by atomic mass is 9.48. The summed E-state index contributed by atoms with van der Waals surface area (Å²) in [5.74, 6) is 3.16. The molecule has 0 amide bonds. The predicted octanol–water partition coefficient (Wildman–Crippen LogP) is 4.13. The fourth-order valence-corrected chi connectivity index (χ4v) is 5.25. The maximum Gasteiger partial charge on any atom is 0.145 e. The number of aldehydes is 1. The Bertz CT molecular complexity index is 304. The first kappa shape index (κ1) is 11.5. The lowest BCUT2D eigenvalue weighted by molar-refractivity contribution is -0.104. The molecule has 0 radical (unpaired) electrons. The summed E-state index contributed by atoms with van der Waals surface area (Å²) < 4.78 is 0. The van der Waals surface area contributed by atoms with E-state index in [0.717, 1.165) is 36.0 Å². The molecular weight excluding hydrogens is 208 g/mol. The highest BCUT2D eigenvalue weighted by molar-refractivity contribution is 5.71. The van der Waals surface area contributed by atoms with Gasteiger partial charge >= 0.3 is 0 Å². The van der Waals surface area contributed by atoms with Gasteiger partial charge in [-0.15, -0.1) is 0 Å². The van der Waals surface area contributed by atoms with Crippen molar-refractivity contribution in [1.29, 1.82) is 0 Å². The SMILES string of the molecule is C/C(C=O)=C\CCC12CC3CC(CC(C3)C1)C2. The topological polar surface area (TPSA) is 17.1 Å². The fraction of sp³-hybridized carbons (Fsp3) is 0.812. The Balaban J connectivity index is 1.64. The van der Waals surface area contributed by atoms with E-state index in [-0.39, 0.29) is 0 Å². The third-order valence-electron chi connectivity index (χ3n) is 5.49. The van der Waals surface area contributed by atoms with Crippen molar-refractivity contribution in [2.45, 2.75) is 58.3 Å². The van der Waals surface area contributed by atoms with Crippen molar-refractivity contribution in [3.63, 3.8) is 0 Å². The molecule has 17 heavy (non-hydrogen) atoms. The van der Waals surface area contributed by atoms with Crippen molar-refractivity contribution >= 4 is 6.29 Å². The van der Waals surface area contributed by atoms with Gasteiger partial charge in [-0.2, -0.15) is 0 Å². The number of hydrogen-bond donors (Lipinski definition) is 0. The van der Waals surface area contributed by atoms with Gasteiger partial charge < -0.3 is 0 Å². The molecule has 0 spiro atoms. The van der Waals surface area contributed by atoms with E-state index >= 15 is 0 Å². The van der Waals surface area contributed by atoms with E-state index in [2.05, 4.69) is 6.08 Å². The van der Waals surface area contributed by atoms with Crippen LogP contribution in [-0.4, -0.2) is 6.29 Å². The summed E-state index contributed by atoms with van der Waals surface area (Å²) >= 11 is 0. The van der Waals surface area contributed by atoms with Gasteiger partial charge in [-0.1, -0.05) is 6.08 Å². The Hall–Kier alpha value is -0.590. The van der Waals surface area contributed by atoms with Crippen molar-refractivity contribution < 1.29 is 4.79 Å². The number of allylic oxidation sites excluding steroid dienone is 2. The van der Waals surface area contributed by atoms with Gasteiger partial charge in [0.1, 0.15) is 6.29 Å². The van der Waals surface area contributed by atoms with Crippen molar-refractivity contribution in [3.8, 4) is 0 Å². The zero-order valence-electron chi connectivity index (χ0n) is 11.0.